The number of carbonyl (C=O) groups excluding carboxylic acids is 2. The maximum absolute atomic E-state index is 13.5. The van der Waals surface area contributed by atoms with Crippen molar-refractivity contribution in [3.63, 3.8) is 0 Å². The molecule has 4 aromatic rings. The number of nitrogens with zero attached hydrogens (tertiary/aromatic N) is 2. The highest BCUT2D eigenvalue weighted by molar-refractivity contribution is 5.96. The molecular weight excluding hydrogens is 560 g/mol. The van der Waals surface area contributed by atoms with Crippen LogP contribution in [0, 0.1) is 0 Å². The first-order valence-corrected chi connectivity index (χ1v) is 13.2. The van der Waals surface area contributed by atoms with Crippen LogP contribution >= 0.6 is 0 Å². The molecule has 0 saturated carbocycles. The lowest BCUT2D eigenvalue weighted by molar-refractivity contribution is -0.143. The molecule has 1 N–H and O–H groups in total. The summed E-state index contributed by atoms with van der Waals surface area (Å²) in [4.78, 5) is 32.3. The summed E-state index contributed by atoms with van der Waals surface area (Å²) < 4.78 is 80.8. The first kappa shape index (κ1) is 29.1. The smallest absolute Gasteiger partial charge is 0.348 e. The van der Waals surface area contributed by atoms with E-state index in [9.17, 15) is 35.9 Å². The second kappa shape index (κ2) is 11.5. The Morgan fingerprint density at radius 2 is 1.48 bits per heavy atom. The van der Waals surface area contributed by atoms with E-state index in [0.29, 0.717) is 17.6 Å². The number of alkyl halides is 6. The van der Waals surface area contributed by atoms with Crippen molar-refractivity contribution in [1.82, 2.24) is 15.2 Å². The summed E-state index contributed by atoms with van der Waals surface area (Å²) in [5.74, 6) is -1.36. The number of benzene rings is 3. The lowest BCUT2D eigenvalue weighted by Crippen LogP contribution is -2.52. The standard InChI is InChI=1S/C31H25F6N3O2/c32-30(33,34)22-15-21(16-23(17-22)31(35,36)37)29(42)40-13-12-24(18-25(40)14-19-6-2-1-3-7-19)38-28(41)27-11-10-20-8-4-5-9-26(20)39-27/h1-11,15-17,24-25H,12-14,18H2,(H,38,41). The largest absolute Gasteiger partial charge is 0.416 e. The average molecular weight is 586 g/mol. The molecule has 3 aromatic carbocycles. The van der Waals surface area contributed by atoms with Crippen LogP contribution in [-0.2, 0) is 18.8 Å². The van der Waals surface area contributed by atoms with Crippen LogP contribution in [0.3, 0.4) is 0 Å². The second-order valence-corrected chi connectivity index (χ2v) is 10.2. The predicted octanol–water partition coefficient (Wildman–Crippen LogP) is 6.92. The normalized spacial score (nSPS) is 17.7. The van der Waals surface area contributed by atoms with Crippen molar-refractivity contribution in [3.8, 4) is 0 Å². The molecule has 0 aliphatic carbocycles. The molecule has 1 aliphatic heterocycles. The number of fused-ring (bicyclic) bond motifs is 1. The Labute approximate surface area is 237 Å². The Balaban J connectivity index is 1.41. The van der Waals surface area contributed by atoms with Crippen LogP contribution in [0.5, 0.6) is 0 Å². The zero-order valence-corrected chi connectivity index (χ0v) is 22.0. The highest BCUT2D eigenvalue weighted by Crippen LogP contribution is 2.37. The number of amides is 2. The van der Waals surface area contributed by atoms with Gasteiger partial charge in [-0.15, -0.1) is 0 Å². The van der Waals surface area contributed by atoms with Gasteiger partial charge >= 0.3 is 12.4 Å². The Morgan fingerprint density at radius 3 is 2.14 bits per heavy atom. The molecular formula is C31H25F6N3O2. The topological polar surface area (TPSA) is 62.3 Å². The average Bonchev–Trinajstić information content (AvgIpc) is 2.96. The van der Waals surface area contributed by atoms with Crippen LogP contribution in [0.15, 0.2) is 84.9 Å². The van der Waals surface area contributed by atoms with Gasteiger partial charge < -0.3 is 10.2 Å². The van der Waals surface area contributed by atoms with E-state index in [-0.39, 0.29) is 37.6 Å². The molecule has 2 heterocycles. The third-order valence-corrected chi connectivity index (χ3v) is 7.29. The summed E-state index contributed by atoms with van der Waals surface area (Å²) in [6.45, 7) is 0.0179. The number of hydrogen-bond acceptors (Lipinski definition) is 3. The summed E-state index contributed by atoms with van der Waals surface area (Å²) in [6, 6.07) is 19.6. The fraction of sp³-hybridized carbons (Fsp3) is 0.258. The van der Waals surface area contributed by atoms with Gasteiger partial charge in [0.2, 0.25) is 0 Å². The zero-order chi connectivity index (χ0) is 30.1. The molecule has 2 atom stereocenters. The summed E-state index contributed by atoms with van der Waals surface area (Å²) >= 11 is 0. The van der Waals surface area contributed by atoms with Crippen LogP contribution in [0.25, 0.3) is 10.9 Å². The third kappa shape index (κ3) is 6.56. The van der Waals surface area contributed by atoms with Crippen LogP contribution in [-0.4, -0.2) is 40.3 Å². The monoisotopic (exact) mass is 585 g/mol. The summed E-state index contributed by atoms with van der Waals surface area (Å²) in [5.41, 5.74) is -2.13. The number of aromatic nitrogens is 1. The maximum Gasteiger partial charge on any atom is 0.416 e. The van der Waals surface area contributed by atoms with Gasteiger partial charge in [0.25, 0.3) is 11.8 Å². The Morgan fingerprint density at radius 1 is 0.833 bits per heavy atom. The van der Waals surface area contributed by atoms with E-state index in [4.69, 9.17) is 0 Å². The van der Waals surface area contributed by atoms with Gasteiger partial charge in [-0.2, -0.15) is 26.3 Å². The van der Waals surface area contributed by atoms with E-state index in [1.54, 1.807) is 42.5 Å². The Bertz CT molecular complexity index is 1570. The van der Waals surface area contributed by atoms with E-state index < -0.39 is 52.9 Å². The van der Waals surface area contributed by atoms with Crippen molar-refractivity contribution in [2.75, 3.05) is 6.54 Å². The number of piperidine rings is 1. The minimum atomic E-state index is -5.08. The number of pyridine rings is 1. The number of para-hydroxylation sites is 1. The van der Waals surface area contributed by atoms with Crippen LogP contribution in [0.1, 0.15) is 50.4 Å². The number of carbonyl (C=O) groups is 2. The lowest BCUT2D eigenvalue weighted by Gasteiger charge is -2.40. The molecule has 0 radical (unpaired) electrons. The molecule has 11 heteroatoms. The first-order valence-electron chi connectivity index (χ1n) is 13.2. The number of hydrogen-bond donors (Lipinski definition) is 1. The van der Waals surface area contributed by atoms with Gasteiger partial charge in [0.05, 0.1) is 16.6 Å². The van der Waals surface area contributed by atoms with Crippen LogP contribution < -0.4 is 5.32 Å². The predicted molar refractivity (Wildman–Crippen MR) is 144 cm³/mol. The molecule has 42 heavy (non-hydrogen) atoms. The summed E-state index contributed by atoms with van der Waals surface area (Å²) in [7, 11) is 0. The van der Waals surface area contributed by atoms with E-state index in [0.717, 1.165) is 10.9 Å². The molecule has 5 nitrogen and oxygen atoms in total. The van der Waals surface area contributed by atoms with Gasteiger partial charge in [-0.05, 0) is 55.2 Å². The van der Waals surface area contributed by atoms with Crippen molar-refractivity contribution in [2.45, 2.75) is 43.7 Å². The number of halogens is 6. The summed E-state index contributed by atoms with van der Waals surface area (Å²) in [6.07, 6.45) is -9.37. The van der Waals surface area contributed by atoms with Crippen molar-refractivity contribution in [1.29, 1.82) is 0 Å². The molecule has 1 saturated heterocycles. The van der Waals surface area contributed by atoms with Gasteiger partial charge in [0, 0.05) is 29.6 Å². The van der Waals surface area contributed by atoms with E-state index in [1.165, 1.54) is 4.90 Å². The van der Waals surface area contributed by atoms with Crippen molar-refractivity contribution in [2.24, 2.45) is 0 Å². The molecule has 2 unspecified atom stereocenters. The lowest BCUT2D eigenvalue weighted by atomic mass is 9.91. The van der Waals surface area contributed by atoms with E-state index >= 15 is 0 Å². The van der Waals surface area contributed by atoms with Crippen molar-refractivity contribution >= 4 is 22.7 Å². The molecule has 1 aliphatic rings. The van der Waals surface area contributed by atoms with E-state index in [1.807, 2.05) is 24.3 Å². The molecule has 0 bridgehead atoms. The molecule has 1 fully saturated rings. The first-order chi connectivity index (χ1) is 19.9. The van der Waals surface area contributed by atoms with Crippen molar-refractivity contribution in [3.05, 3.63) is 113 Å². The van der Waals surface area contributed by atoms with Gasteiger partial charge in [0.15, 0.2) is 0 Å². The van der Waals surface area contributed by atoms with Crippen LogP contribution in [0.2, 0.25) is 0 Å². The van der Waals surface area contributed by atoms with Gasteiger partial charge in [0.1, 0.15) is 5.69 Å². The molecule has 1 aromatic heterocycles. The maximum atomic E-state index is 13.5. The minimum Gasteiger partial charge on any atom is -0.348 e. The Hall–Kier alpha value is -4.41. The molecule has 218 valence electrons. The fourth-order valence-electron chi connectivity index (χ4n) is 5.23. The summed E-state index contributed by atoms with van der Waals surface area (Å²) in [5, 5.41) is 3.80. The molecule has 5 rings (SSSR count). The zero-order valence-electron chi connectivity index (χ0n) is 22.0. The number of nitrogens with one attached hydrogen (secondary N) is 1. The molecule has 0 spiro atoms. The Kier molecular flexibility index (Phi) is 7.94. The fourth-order valence-corrected chi connectivity index (χ4v) is 5.23. The van der Waals surface area contributed by atoms with E-state index in [2.05, 4.69) is 10.3 Å². The van der Waals surface area contributed by atoms with Crippen molar-refractivity contribution < 1.29 is 35.9 Å². The highest BCUT2D eigenvalue weighted by Gasteiger charge is 2.39. The number of rotatable bonds is 5. The minimum absolute atomic E-state index is 0.000816. The number of likely N-dealkylation sites (tertiary alicyclic amines) is 1. The van der Waals surface area contributed by atoms with Gasteiger partial charge in [-0.3, -0.25) is 9.59 Å². The highest BCUT2D eigenvalue weighted by atomic mass is 19.4. The third-order valence-electron chi connectivity index (χ3n) is 7.29. The second-order valence-electron chi connectivity index (χ2n) is 10.2. The quantitative estimate of drug-likeness (QED) is 0.259. The van der Waals surface area contributed by atoms with Gasteiger partial charge in [-0.1, -0.05) is 54.6 Å². The molecule has 2 amide bonds. The van der Waals surface area contributed by atoms with Gasteiger partial charge in [-0.25, -0.2) is 4.98 Å². The van der Waals surface area contributed by atoms with Crippen LogP contribution in [0.4, 0.5) is 26.3 Å². The SMILES string of the molecule is O=C(NC1CCN(C(=O)c2cc(C(F)(F)F)cc(C(F)(F)F)c2)C(Cc2ccccc2)C1)c1ccc2ccccc2n1.